The average molecular weight is 527 g/mol. The molecular weight excluding hydrogens is 500 g/mol. The van der Waals surface area contributed by atoms with Crippen molar-refractivity contribution in [2.24, 2.45) is 5.10 Å². The van der Waals surface area contributed by atoms with E-state index in [4.69, 9.17) is 31.5 Å². The van der Waals surface area contributed by atoms with Crippen LogP contribution in [0.25, 0.3) is 0 Å². The molecule has 1 heterocycles. The van der Waals surface area contributed by atoms with Crippen molar-refractivity contribution in [2.75, 3.05) is 19.8 Å². The van der Waals surface area contributed by atoms with Crippen molar-refractivity contribution in [3.05, 3.63) is 70.9 Å². The summed E-state index contributed by atoms with van der Waals surface area (Å²) in [7, 11) is 0. The number of rotatable bonds is 11. The second kappa shape index (κ2) is 13.0. The molecule has 37 heavy (non-hydrogen) atoms. The SMILES string of the molecule is CCOC(=O)C1=C(C)NC(=S)N[C@H]1c1ccccc1OCC(=O)NN=Cc1ccc(OCC(=O)O)cc1. The normalized spacial score (nSPS) is 15.0. The van der Waals surface area contributed by atoms with Crippen LogP contribution in [0.15, 0.2) is 64.9 Å². The minimum atomic E-state index is -1.07. The molecule has 1 aliphatic heterocycles. The van der Waals surface area contributed by atoms with Crippen LogP contribution < -0.4 is 25.5 Å². The van der Waals surface area contributed by atoms with Gasteiger partial charge < -0.3 is 30.0 Å². The number of thiocarbonyl (C=S) groups is 1. The third-order valence-corrected chi connectivity index (χ3v) is 5.22. The monoisotopic (exact) mass is 526 g/mol. The number of carboxylic acids is 1. The van der Waals surface area contributed by atoms with Crippen molar-refractivity contribution in [3.8, 4) is 11.5 Å². The number of para-hydroxylation sites is 1. The van der Waals surface area contributed by atoms with Gasteiger partial charge in [-0.1, -0.05) is 18.2 Å². The Hall–Kier alpha value is -4.45. The molecule has 0 radical (unpaired) electrons. The molecule has 12 heteroatoms. The fourth-order valence-electron chi connectivity index (χ4n) is 3.41. The molecule has 0 aliphatic carbocycles. The number of hydrogen-bond acceptors (Lipinski definition) is 8. The van der Waals surface area contributed by atoms with Gasteiger partial charge in [-0.3, -0.25) is 4.79 Å². The molecular formula is C25H26N4O7S. The minimum Gasteiger partial charge on any atom is -0.483 e. The van der Waals surface area contributed by atoms with Crippen molar-refractivity contribution < 1.29 is 33.7 Å². The molecule has 1 atom stereocenters. The van der Waals surface area contributed by atoms with Crippen molar-refractivity contribution >= 4 is 41.4 Å². The molecule has 1 amide bonds. The van der Waals surface area contributed by atoms with E-state index in [2.05, 4.69) is 21.2 Å². The van der Waals surface area contributed by atoms with E-state index in [0.29, 0.717) is 39.0 Å². The topological polar surface area (TPSA) is 148 Å². The molecule has 194 valence electrons. The lowest BCUT2D eigenvalue weighted by Gasteiger charge is -2.30. The first kappa shape index (κ1) is 27.1. The Morgan fingerprint density at radius 3 is 2.54 bits per heavy atom. The Morgan fingerprint density at radius 2 is 1.84 bits per heavy atom. The summed E-state index contributed by atoms with van der Waals surface area (Å²) in [6, 6.07) is 12.9. The van der Waals surface area contributed by atoms with Gasteiger partial charge in [-0.2, -0.15) is 5.10 Å². The summed E-state index contributed by atoms with van der Waals surface area (Å²) < 4.78 is 16.0. The van der Waals surface area contributed by atoms with E-state index in [-0.39, 0.29) is 13.2 Å². The number of esters is 1. The molecule has 0 saturated heterocycles. The highest BCUT2D eigenvalue weighted by atomic mass is 32.1. The third-order valence-electron chi connectivity index (χ3n) is 5.00. The van der Waals surface area contributed by atoms with Gasteiger partial charge in [0.25, 0.3) is 5.91 Å². The average Bonchev–Trinajstić information content (AvgIpc) is 2.86. The number of hydrazone groups is 1. The molecule has 1 aliphatic rings. The number of amides is 1. The molecule has 0 fully saturated rings. The van der Waals surface area contributed by atoms with E-state index in [9.17, 15) is 14.4 Å². The summed E-state index contributed by atoms with van der Waals surface area (Å²) in [5.41, 5.74) is 4.58. The highest BCUT2D eigenvalue weighted by Gasteiger charge is 2.32. The van der Waals surface area contributed by atoms with Crippen LogP contribution in [0.5, 0.6) is 11.5 Å². The van der Waals surface area contributed by atoms with Crippen molar-refractivity contribution in [1.82, 2.24) is 16.1 Å². The summed E-state index contributed by atoms with van der Waals surface area (Å²) >= 11 is 5.27. The summed E-state index contributed by atoms with van der Waals surface area (Å²) in [4.78, 5) is 35.5. The lowest BCUT2D eigenvalue weighted by molar-refractivity contribution is -0.140. The smallest absolute Gasteiger partial charge is 0.341 e. The molecule has 0 saturated carbocycles. The zero-order valence-corrected chi connectivity index (χ0v) is 21.0. The maximum absolute atomic E-state index is 12.6. The maximum atomic E-state index is 12.6. The van der Waals surface area contributed by atoms with Crippen LogP contribution in [-0.4, -0.2) is 54.1 Å². The Bertz CT molecular complexity index is 1230. The zero-order valence-electron chi connectivity index (χ0n) is 20.1. The van der Waals surface area contributed by atoms with E-state index in [1.54, 1.807) is 62.4 Å². The van der Waals surface area contributed by atoms with Gasteiger partial charge in [0.2, 0.25) is 0 Å². The van der Waals surface area contributed by atoms with Crippen LogP contribution in [-0.2, 0) is 19.1 Å². The van der Waals surface area contributed by atoms with E-state index in [0.717, 1.165) is 0 Å². The lowest BCUT2D eigenvalue weighted by Crippen LogP contribution is -2.45. The molecule has 0 spiro atoms. The number of carbonyl (C=O) groups is 3. The maximum Gasteiger partial charge on any atom is 0.341 e. The van der Waals surface area contributed by atoms with Gasteiger partial charge in [0.15, 0.2) is 18.3 Å². The van der Waals surface area contributed by atoms with Crippen LogP contribution in [0, 0.1) is 0 Å². The highest BCUT2D eigenvalue weighted by molar-refractivity contribution is 7.80. The number of carboxylic acid groups (broad SMARTS) is 1. The molecule has 11 nitrogen and oxygen atoms in total. The first-order valence-electron chi connectivity index (χ1n) is 11.2. The molecule has 2 aromatic rings. The summed E-state index contributed by atoms with van der Waals surface area (Å²) in [5.74, 6) is -1.28. The summed E-state index contributed by atoms with van der Waals surface area (Å²) in [5, 5.41) is 18.9. The van der Waals surface area contributed by atoms with Gasteiger partial charge in [-0.15, -0.1) is 0 Å². The molecule has 0 aromatic heterocycles. The number of hydrogen-bond donors (Lipinski definition) is 4. The highest BCUT2D eigenvalue weighted by Crippen LogP contribution is 2.33. The molecule has 2 aromatic carbocycles. The van der Waals surface area contributed by atoms with Crippen LogP contribution in [0.4, 0.5) is 0 Å². The molecule has 4 N–H and O–H groups in total. The van der Waals surface area contributed by atoms with E-state index < -0.39 is 30.5 Å². The van der Waals surface area contributed by atoms with Gasteiger partial charge in [0.1, 0.15) is 11.5 Å². The van der Waals surface area contributed by atoms with Gasteiger partial charge in [0.05, 0.1) is 24.4 Å². The van der Waals surface area contributed by atoms with Crippen molar-refractivity contribution in [1.29, 1.82) is 0 Å². The summed E-state index contributed by atoms with van der Waals surface area (Å²) in [6.45, 7) is 2.91. The first-order chi connectivity index (χ1) is 17.8. The number of nitrogens with one attached hydrogen (secondary N) is 3. The lowest BCUT2D eigenvalue weighted by atomic mass is 9.95. The fourth-order valence-corrected chi connectivity index (χ4v) is 3.68. The fraction of sp³-hybridized carbons (Fsp3) is 0.240. The van der Waals surface area contributed by atoms with Crippen molar-refractivity contribution in [2.45, 2.75) is 19.9 Å². The van der Waals surface area contributed by atoms with Gasteiger partial charge in [-0.25, -0.2) is 15.0 Å². The number of benzene rings is 2. The summed E-state index contributed by atoms with van der Waals surface area (Å²) in [6.07, 6.45) is 1.42. The number of nitrogens with zero attached hydrogens (tertiary/aromatic N) is 1. The Kier molecular flexibility index (Phi) is 9.55. The van der Waals surface area contributed by atoms with Gasteiger partial charge in [0, 0.05) is 11.3 Å². The van der Waals surface area contributed by atoms with Crippen LogP contribution >= 0.6 is 12.2 Å². The molecule has 0 bridgehead atoms. The number of allylic oxidation sites excluding steroid dienone is 1. The molecule has 3 rings (SSSR count). The van der Waals surface area contributed by atoms with Crippen LogP contribution in [0.1, 0.15) is 31.0 Å². The third kappa shape index (κ3) is 7.77. The predicted octanol–water partition coefficient (Wildman–Crippen LogP) is 2.04. The zero-order chi connectivity index (χ0) is 26.8. The van der Waals surface area contributed by atoms with Crippen LogP contribution in [0.2, 0.25) is 0 Å². The largest absolute Gasteiger partial charge is 0.483 e. The Balaban J connectivity index is 1.63. The predicted molar refractivity (Wildman–Crippen MR) is 138 cm³/mol. The van der Waals surface area contributed by atoms with E-state index in [1.165, 1.54) is 6.21 Å². The standard InChI is InChI=1S/C25H26N4O7S/c1-3-34-24(33)22-15(2)27-25(37)28-23(22)18-6-4-5-7-19(18)36-13-20(30)29-26-12-16-8-10-17(11-9-16)35-14-21(31)32/h4-12,23H,3,13-14H2,1-2H3,(H,29,30)(H,31,32)(H2,27,28,37)/t23-/m0/s1. The minimum absolute atomic E-state index is 0.217. The molecule has 0 unspecified atom stereocenters. The van der Waals surface area contributed by atoms with E-state index in [1.807, 2.05) is 0 Å². The number of carbonyl (C=O) groups excluding carboxylic acids is 2. The van der Waals surface area contributed by atoms with Crippen molar-refractivity contribution in [3.63, 3.8) is 0 Å². The second-order valence-electron chi connectivity index (χ2n) is 7.66. The Labute approximate surface area is 218 Å². The van der Waals surface area contributed by atoms with Crippen LogP contribution in [0.3, 0.4) is 0 Å². The number of ether oxygens (including phenoxy) is 3. The number of aliphatic carboxylic acids is 1. The van der Waals surface area contributed by atoms with Gasteiger partial charge >= 0.3 is 11.9 Å². The quantitative estimate of drug-likeness (QED) is 0.148. The second-order valence-corrected chi connectivity index (χ2v) is 8.07. The first-order valence-corrected chi connectivity index (χ1v) is 11.6. The van der Waals surface area contributed by atoms with Gasteiger partial charge in [-0.05, 0) is 62.0 Å². The van der Waals surface area contributed by atoms with E-state index >= 15 is 0 Å². The Morgan fingerprint density at radius 1 is 1.11 bits per heavy atom.